The first kappa shape index (κ1) is 18.9. The van der Waals surface area contributed by atoms with E-state index >= 15 is 0 Å². The number of carbonyl (C=O) groups excluding carboxylic acids is 1. The van der Waals surface area contributed by atoms with Gasteiger partial charge in [0.05, 0.1) is 12.2 Å². The first-order chi connectivity index (χ1) is 13.7. The van der Waals surface area contributed by atoms with Gasteiger partial charge >= 0.3 is 0 Å². The number of amides is 1. The number of anilines is 1. The molecule has 5 nitrogen and oxygen atoms in total. The van der Waals surface area contributed by atoms with Crippen LogP contribution in [0.5, 0.6) is 0 Å². The largest absolute Gasteiger partial charge is 0.356 e. The second-order valence-electron chi connectivity index (χ2n) is 8.15. The fourth-order valence-corrected chi connectivity index (χ4v) is 4.18. The summed E-state index contributed by atoms with van der Waals surface area (Å²) in [5, 5.41) is 0. The molecule has 1 amide bonds. The Kier molecular flexibility index (Phi) is 5.60. The van der Waals surface area contributed by atoms with Gasteiger partial charge in [-0.3, -0.25) is 4.79 Å². The topological polar surface area (TPSA) is 49.3 Å². The maximum atomic E-state index is 12.5. The van der Waals surface area contributed by atoms with Gasteiger partial charge in [0, 0.05) is 43.6 Å². The Balaban J connectivity index is 1.72. The van der Waals surface area contributed by atoms with E-state index in [-0.39, 0.29) is 5.91 Å². The summed E-state index contributed by atoms with van der Waals surface area (Å²) in [6, 6.07) is 10.2. The molecule has 2 aliphatic heterocycles. The second kappa shape index (κ2) is 8.29. The van der Waals surface area contributed by atoms with E-state index in [1.807, 2.05) is 23.1 Å². The average molecular weight is 379 g/mol. The number of piperidine rings is 1. The molecule has 4 rings (SSSR count). The Morgan fingerprint density at radius 3 is 2.57 bits per heavy atom. The molecule has 5 heteroatoms. The van der Waals surface area contributed by atoms with Gasteiger partial charge in [0.2, 0.25) is 5.91 Å². The zero-order valence-corrected chi connectivity index (χ0v) is 17.0. The molecule has 0 N–H and O–H groups in total. The number of carbonyl (C=O) groups is 1. The van der Waals surface area contributed by atoms with Crippen LogP contribution in [0, 0.1) is 5.92 Å². The van der Waals surface area contributed by atoms with E-state index in [1.165, 1.54) is 12.8 Å². The number of hydrogen-bond acceptors (Lipinski definition) is 4. The van der Waals surface area contributed by atoms with Crippen molar-refractivity contribution in [2.24, 2.45) is 5.92 Å². The number of nitrogens with zero attached hydrogens (tertiary/aromatic N) is 4. The summed E-state index contributed by atoms with van der Waals surface area (Å²) >= 11 is 0. The third kappa shape index (κ3) is 3.89. The molecule has 0 bridgehead atoms. The smallest absolute Gasteiger partial charge is 0.222 e. The monoisotopic (exact) mass is 378 g/mol. The van der Waals surface area contributed by atoms with E-state index in [0.717, 1.165) is 66.9 Å². The van der Waals surface area contributed by atoms with Crippen LogP contribution in [0.15, 0.2) is 30.3 Å². The minimum Gasteiger partial charge on any atom is -0.356 e. The summed E-state index contributed by atoms with van der Waals surface area (Å²) < 4.78 is 0. The predicted molar refractivity (Wildman–Crippen MR) is 112 cm³/mol. The zero-order chi connectivity index (χ0) is 19.5. The first-order valence-corrected chi connectivity index (χ1v) is 10.6. The minimum atomic E-state index is 0.249. The highest BCUT2D eigenvalue weighted by Crippen LogP contribution is 2.32. The maximum Gasteiger partial charge on any atom is 0.222 e. The van der Waals surface area contributed by atoms with Crippen molar-refractivity contribution in [1.29, 1.82) is 0 Å². The van der Waals surface area contributed by atoms with Crippen LogP contribution >= 0.6 is 0 Å². The van der Waals surface area contributed by atoms with Gasteiger partial charge in [0.1, 0.15) is 5.82 Å². The molecule has 3 heterocycles. The van der Waals surface area contributed by atoms with Crippen LogP contribution in [0.1, 0.15) is 50.8 Å². The van der Waals surface area contributed by atoms with Crippen molar-refractivity contribution in [3.05, 3.63) is 41.6 Å². The van der Waals surface area contributed by atoms with Gasteiger partial charge < -0.3 is 9.80 Å². The normalized spacial score (nSPS) is 17.5. The van der Waals surface area contributed by atoms with Crippen LogP contribution in [0.25, 0.3) is 11.4 Å². The van der Waals surface area contributed by atoms with Crippen LogP contribution < -0.4 is 4.90 Å². The van der Waals surface area contributed by atoms with Gasteiger partial charge in [-0.05, 0) is 25.2 Å². The van der Waals surface area contributed by atoms with E-state index in [2.05, 4.69) is 30.9 Å². The molecule has 1 fully saturated rings. The number of fused-ring (bicyclic) bond motifs is 1. The summed E-state index contributed by atoms with van der Waals surface area (Å²) in [5.74, 6) is 2.87. The van der Waals surface area contributed by atoms with Crippen molar-refractivity contribution in [3.8, 4) is 11.4 Å². The van der Waals surface area contributed by atoms with Gasteiger partial charge in [0.15, 0.2) is 5.82 Å². The fourth-order valence-electron chi connectivity index (χ4n) is 4.18. The SMILES string of the molecule is CCCC(=O)N1CCc2nc(-c3ccccc3)nc(N3CCC(C)CC3)c2C1. The van der Waals surface area contributed by atoms with Gasteiger partial charge in [-0.1, -0.05) is 44.2 Å². The first-order valence-electron chi connectivity index (χ1n) is 10.6. The molecule has 2 aliphatic rings. The van der Waals surface area contributed by atoms with Gasteiger partial charge in [-0.2, -0.15) is 0 Å². The lowest BCUT2D eigenvalue weighted by Gasteiger charge is -2.36. The Morgan fingerprint density at radius 2 is 1.86 bits per heavy atom. The van der Waals surface area contributed by atoms with Gasteiger partial charge in [-0.25, -0.2) is 9.97 Å². The van der Waals surface area contributed by atoms with E-state index in [1.54, 1.807) is 0 Å². The highest BCUT2D eigenvalue weighted by Gasteiger charge is 2.28. The molecule has 0 atom stereocenters. The summed E-state index contributed by atoms with van der Waals surface area (Å²) in [5.41, 5.74) is 3.33. The fraction of sp³-hybridized carbons (Fsp3) is 0.522. The standard InChI is InChI=1S/C23H30N4O/c1-3-7-21(28)27-15-12-20-19(16-27)23(26-13-10-17(2)11-14-26)25-22(24-20)18-8-5-4-6-9-18/h4-6,8-9,17H,3,7,10-16H2,1-2H3. The molecule has 2 aromatic rings. The van der Waals surface area contributed by atoms with Crippen molar-refractivity contribution in [3.63, 3.8) is 0 Å². The van der Waals surface area contributed by atoms with E-state index in [0.29, 0.717) is 13.0 Å². The van der Waals surface area contributed by atoms with Crippen LogP contribution in [-0.2, 0) is 17.8 Å². The summed E-state index contributed by atoms with van der Waals surface area (Å²) in [4.78, 5) is 26.8. The zero-order valence-electron chi connectivity index (χ0n) is 17.0. The molecule has 0 radical (unpaired) electrons. The van der Waals surface area contributed by atoms with E-state index in [9.17, 15) is 4.79 Å². The Labute approximate surface area is 167 Å². The molecular weight excluding hydrogens is 348 g/mol. The number of rotatable bonds is 4. The number of aromatic nitrogens is 2. The van der Waals surface area contributed by atoms with Crippen molar-refractivity contribution < 1.29 is 4.79 Å². The van der Waals surface area contributed by atoms with E-state index < -0.39 is 0 Å². The Bertz CT molecular complexity index is 828. The van der Waals surface area contributed by atoms with Crippen LogP contribution in [0.3, 0.4) is 0 Å². The lowest BCUT2D eigenvalue weighted by molar-refractivity contribution is -0.132. The quantitative estimate of drug-likeness (QED) is 0.805. The van der Waals surface area contributed by atoms with Gasteiger partial charge in [0.25, 0.3) is 0 Å². The minimum absolute atomic E-state index is 0.249. The average Bonchev–Trinajstić information content (AvgIpc) is 2.74. The molecule has 0 saturated carbocycles. The molecule has 148 valence electrons. The molecule has 0 aliphatic carbocycles. The van der Waals surface area contributed by atoms with Crippen molar-refractivity contribution >= 4 is 11.7 Å². The summed E-state index contributed by atoms with van der Waals surface area (Å²) in [6.07, 6.45) is 4.71. The molecular formula is C23H30N4O. The van der Waals surface area contributed by atoms with Crippen LogP contribution in [0.4, 0.5) is 5.82 Å². The Morgan fingerprint density at radius 1 is 1.11 bits per heavy atom. The second-order valence-corrected chi connectivity index (χ2v) is 8.15. The Hall–Kier alpha value is -2.43. The third-order valence-electron chi connectivity index (χ3n) is 5.97. The van der Waals surface area contributed by atoms with Crippen molar-refractivity contribution in [2.45, 2.75) is 52.5 Å². The lowest BCUT2D eigenvalue weighted by atomic mass is 9.98. The molecule has 1 aromatic heterocycles. The van der Waals surface area contributed by atoms with Crippen molar-refractivity contribution in [2.75, 3.05) is 24.5 Å². The predicted octanol–water partition coefficient (Wildman–Crippen LogP) is 4.06. The summed E-state index contributed by atoms with van der Waals surface area (Å²) in [6.45, 7) is 7.85. The highest BCUT2D eigenvalue weighted by molar-refractivity contribution is 5.77. The molecule has 0 unspecified atom stereocenters. The van der Waals surface area contributed by atoms with Gasteiger partial charge in [-0.15, -0.1) is 0 Å². The van der Waals surface area contributed by atoms with E-state index in [4.69, 9.17) is 9.97 Å². The number of benzene rings is 1. The highest BCUT2D eigenvalue weighted by atomic mass is 16.2. The number of hydrogen-bond donors (Lipinski definition) is 0. The third-order valence-corrected chi connectivity index (χ3v) is 5.97. The maximum absolute atomic E-state index is 12.5. The van der Waals surface area contributed by atoms with Crippen LogP contribution in [0.2, 0.25) is 0 Å². The van der Waals surface area contributed by atoms with Crippen LogP contribution in [-0.4, -0.2) is 40.4 Å². The molecule has 0 spiro atoms. The molecule has 28 heavy (non-hydrogen) atoms. The molecule has 1 aromatic carbocycles. The lowest BCUT2D eigenvalue weighted by Crippen LogP contribution is -2.39. The van der Waals surface area contributed by atoms with Crippen molar-refractivity contribution in [1.82, 2.24) is 14.9 Å². The molecule has 1 saturated heterocycles. The summed E-state index contributed by atoms with van der Waals surface area (Å²) in [7, 11) is 0.